The van der Waals surface area contributed by atoms with Crippen molar-refractivity contribution in [3.63, 3.8) is 0 Å². The van der Waals surface area contributed by atoms with Crippen LogP contribution in [0.1, 0.15) is 17.3 Å². The number of hydrogen-bond acceptors (Lipinski definition) is 5. The van der Waals surface area contributed by atoms with Crippen LogP contribution in [0.2, 0.25) is 0 Å². The molecule has 2 aromatic carbocycles. The first-order valence-electron chi connectivity index (χ1n) is 10.8. The first kappa shape index (κ1) is 22.5. The number of fused-ring (bicyclic) bond motifs is 1. The molecule has 2 atom stereocenters. The van der Waals surface area contributed by atoms with Gasteiger partial charge in [0.15, 0.2) is 6.17 Å². The lowest BCUT2D eigenvalue weighted by molar-refractivity contribution is 0.113. The summed E-state index contributed by atoms with van der Waals surface area (Å²) in [6.45, 7) is 2.37. The van der Waals surface area contributed by atoms with Crippen LogP contribution in [0.5, 0.6) is 5.75 Å². The van der Waals surface area contributed by atoms with Crippen molar-refractivity contribution in [2.24, 2.45) is 0 Å². The SMILES string of the molecule is C#SN1CCN(c2cnn(-c3cc(F)cc(F)c3)c(=O)c2OC2Cc3ccccc3C2F)CC1. The fourth-order valence-corrected chi connectivity index (χ4v) is 4.78. The van der Waals surface area contributed by atoms with Crippen molar-refractivity contribution in [3.8, 4) is 17.1 Å². The molecule has 0 saturated carbocycles. The van der Waals surface area contributed by atoms with Crippen LogP contribution < -0.4 is 15.2 Å². The lowest BCUT2D eigenvalue weighted by atomic mass is 10.1. The minimum Gasteiger partial charge on any atom is -0.479 e. The fraction of sp³-hybridized carbons (Fsp3) is 0.292. The standard InChI is InChI=1S/C24H21F3N4O2S/c1-34-30-8-6-29(7-9-30)20-14-28-31(18-12-16(25)11-17(26)13-18)24(32)23(20)33-21-10-15-4-2-3-5-19(15)22(21)27/h1-5,11-14,21-22H,6-10H2. The number of nitrogens with zero attached hydrogens (tertiary/aromatic N) is 4. The zero-order valence-electron chi connectivity index (χ0n) is 18.0. The van der Waals surface area contributed by atoms with Crippen LogP contribution >= 0.6 is 11.4 Å². The van der Waals surface area contributed by atoms with E-state index in [1.165, 1.54) is 6.20 Å². The number of halogens is 3. The Morgan fingerprint density at radius 2 is 1.76 bits per heavy atom. The number of anilines is 1. The molecule has 1 saturated heterocycles. The molecule has 176 valence electrons. The summed E-state index contributed by atoms with van der Waals surface area (Å²) in [4.78, 5) is 15.4. The van der Waals surface area contributed by atoms with Crippen LogP contribution in [0.25, 0.3) is 5.69 Å². The summed E-state index contributed by atoms with van der Waals surface area (Å²) in [5.41, 5.74) is 6.59. The summed E-state index contributed by atoms with van der Waals surface area (Å²) in [6, 6.07) is 9.82. The smallest absolute Gasteiger partial charge is 0.316 e. The Balaban J connectivity index is 1.55. The predicted octanol–water partition coefficient (Wildman–Crippen LogP) is 3.88. The number of piperazine rings is 1. The molecule has 0 radical (unpaired) electrons. The highest BCUT2D eigenvalue weighted by atomic mass is 32.1. The molecule has 0 amide bonds. The summed E-state index contributed by atoms with van der Waals surface area (Å²) in [5, 5.41) is 4.15. The van der Waals surface area contributed by atoms with Gasteiger partial charge < -0.3 is 9.64 Å². The summed E-state index contributed by atoms with van der Waals surface area (Å²) >= 11 is 1.15. The van der Waals surface area contributed by atoms with Crippen molar-refractivity contribution >= 4 is 17.0 Å². The van der Waals surface area contributed by atoms with Crippen molar-refractivity contribution in [2.45, 2.75) is 18.7 Å². The molecule has 0 N–H and O–H groups in total. The second-order valence-electron chi connectivity index (χ2n) is 8.19. The van der Waals surface area contributed by atoms with Crippen LogP contribution in [0.3, 0.4) is 0 Å². The monoisotopic (exact) mass is 486 g/mol. The van der Waals surface area contributed by atoms with Gasteiger partial charge in [0, 0.05) is 38.7 Å². The van der Waals surface area contributed by atoms with E-state index in [1.807, 2.05) is 21.3 Å². The van der Waals surface area contributed by atoms with Crippen LogP contribution in [0.15, 0.2) is 53.5 Å². The number of aromatic nitrogens is 2. The highest BCUT2D eigenvalue weighted by Crippen LogP contribution is 2.38. The second-order valence-corrected chi connectivity index (χ2v) is 8.91. The van der Waals surface area contributed by atoms with E-state index in [0.717, 1.165) is 33.7 Å². The maximum atomic E-state index is 15.2. The Kier molecular flexibility index (Phi) is 6.03. The lowest BCUT2D eigenvalue weighted by Crippen LogP contribution is -2.44. The highest BCUT2D eigenvalue weighted by molar-refractivity contribution is 7.85. The molecule has 2 aliphatic rings. The van der Waals surface area contributed by atoms with Gasteiger partial charge in [0.2, 0.25) is 5.75 Å². The van der Waals surface area contributed by atoms with Gasteiger partial charge in [0.05, 0.1) is 11.9 Å². The number of ether oxygens (including phenoxy) is 1. The quantitative estimate of drug-likeness (QED) is 0.524. The van der Waals surface area contributed by atoms with E-state index in [4.69, 9.17) is 10.4 Å². The fourth-order valence-electron chi connectivity index (χ4n) is 4.41. The molecule has 6 nitrogen and oxygen atoms in total. The maximum absolute atomic E-state index is 15.2. The summed E-state index contributed by atoms with van der Waals surface area (Å²) in [5.74, 6) is -1.80. The lowest BCUT2D eigenvalue weighted by Gasteiger charge is -2.34. The average Bonchev–Trinajstić information content (AvgIpc) is 3.15. The molecule has 0 bridgehead atoms. The number of benzene rings is 2. The van der Waals surface area contributed by atoms with E-state index >= 15 is 4.39 Å². The summed E-state index contributed by atoms with van der Waals surface area (Å²) in [7, 11) is 0. The molecule has 1 aliphatic carbocycles. The Morgan fingerprint density at radius 1 is 1.06 bits per heavy atom. The summed E-state index contributed by atoms with van der Waals surface area (Å²) < 4.78 is 51.8. The van der Waals surface area contributed by atoms with Crippen molar-refractivity contribution in [1.29, 1.82) is 0 Å². The number of rotatable bonds is 4. The molecule has 10 heteroatoms. The average molecular weight is 487 g/mol. The van der Waals surface area contributed by atoms with Crippen molar-refractivity contribution in [1.82, 2.24) is 14.1 Å². The van der Waals surface area contributed by atoms with Crippen LogP contribution in [-0.2, 0) is 6.42 Å². The van der Waals surface area contributed by atoms with Crippen LogP contribution in [-0.4, -0.2) is 46.4 Å². The maximum Gasteiger partial charge on any atom is 0.316 e. The van der Waals surface area contributed by atoms with Gasteiger partial charge in [-0.05, 0) is 23.3 Å². The summed E-state index contributed by atoms with van der Waals surface area (Å²) in [6.07, 6.45) is -0.614. The third-order valence-electron chi connectivity index (χ3n) is 6.10. The van der Waals surface area contributed by atoms with E-state index in [9.17, 15) is 13.6 Å². The molecule has 2 unspecified atom stereocenters. The molecule has 34 heavy (non-hydrogen) atoms. The van der Waals surface area contributed by atoms with E-state index < -0.39 is 29.5 Å². The second kappa shape index (κ2) is 9.13. The van der Waals surface area contributed by atoms with E-state index in [0.29, 0.717) is 49.9 Å². The van der Waals surface area contributed by atoms with E-state index in [1.54, 1.807) is 12.1 Å². The number of hydrogen-bond donors (Lipinski definition) is 0. The third kappa shape index (κ3) is 4.16. The minimum absolute atomic E-state index is 0.0882. The largest absolute Gasteiger partial charge is 0.479 e. The molecule has 2 heterocycles. The first-order valence-corrected chi connectivity index (χ1v) is 11.6. The highest BCUT2D eigenvalue weighted by Gasteiger charge is 2.36. The first-order chi connectivity index (χ1) is 16.4. The molecular formula is C24H21F3N4O2S. The minimum atomic E-state index is -1.41. The van der Waals surface area contributed by atoms with Crippen LogP contribution in [0.4, 0.5) is 18.9 Å². The number of alkyl halides is 1. The van der Waals surface area contributed by atoms with Crippen molar-refractivity contribution in [3.05, 3.63) is 81.8 Å². The van der Waals surface area contributed by atoms with Gasteiger partial charge in [-0.1, -0.05) is 41.3 Å². The van der Waals surface area contributed by atoms with Gasteiger partial charge in [0.1, 0.15) is 23.4 Å². The van der Waals surface area contributed by atoms with Gasteiger partial charge in [-0.2, -0.15) is 9.78 Å². The molecule has 3 aromatic rings. The molecular weight excluding hydrogens is 465 g/mol. The Labute approximate surface area is 197 Å². The molecule has 1 aromatic heterocycles. The predicted molar refractivity (Wildman–Crippen MR) is 124 cm³/mol. The molecule has 1 aliphatic heterocycles. The van der Waals surface area contributed by atoms with Gasteiger partial charge in [-0.15, -0.1) is 0 Å². The van der Waals surface area contributed by atoms with E-state index in [-0.39, 0.29) is 11.4 Å². The zero-order valence-corrected chi connectivity index (χ0v) is 18.9. The molecule has 1 fully saturated rings. The van der Waals surface area contributed by atoms with E-state index in [2.05, 4.69) is 5.10 Å². The van der Waals surface area contributed by atoms with Gasteiger partial charge >= 0.3 is 5.56 Å². The van der Waals surface area contributed by atoms with Gasteiger partial charge in [-0.25, -0.2) is 17.5 Å². The Bertz CT molecular complexity index is 1310. The third-order valence-corrected chi connectivity index (χ3v) is 6.77. The zero-order chi connectivity index (χ0) is 23.8. The Hall–Kier alpha value is -3.33. The van der Waals surface area contributed by atoms with Gasteiger partial charge in [0.25, 0.3) is 0 Å². The van der Waals surface area contributed by atoms with Crippen molar-refractivity contribution < 1.29 is 17.9 Å². The van der Waals surface area contributed by atoms with Gasteiger partial charge in [-0.3, -0.25) is 4.79 Å². The normalized spacial score (nSPS) is 20.2. The molecule has 0 spiro atoms. The van der Waals surface area contributed by atoms with Crippen molar-refractivity contribution in [2.75, 3.05) is 31.1 Å². The Morgan fingerprint density at radius 3 is 2.44 bits per heavy atom. The topological polar surface area (TPSA) is 50.6 Å². The van der Waals surface area contributed by atoms with Crippen LogP contribution in [0, 0.1) is 17.3 Å². The molecule has 5 rings (SSSR count).